The molecule has 1 aliphatic rings. The number of sulfonamides is 1. The van der Waals surface area contributed by atoms with Crippen molar-refractivity contribution in [3.05, 3.63) is 78.3 Å². The lowest BCUT2D eigenvalue weighted by Gasteiger charge is -2.10. The highest BCUT2D eigenvalue weighted by Gasteiger charge is 2.28. The van der Waals surface area contributed by atoms with E-state index >= 15 is 0 Å². The third-order valence-corrected chi connectivity index (χ3v) is 6.59. The fourth-order valence-electron chi connectivity index (χ4n) is 3.36. The van der Waals surface area contributed by atoms with Gasteiger partial charge in [0.1, 0.15) is 5.76 Å². The van der Waals surface area contributed by atoms with Crippen LogP contribution < -0.4 is 10.0 Å². The van der Waals surface area contributed by atoms with E-state index in [0.29, 0.717) is 23.3 Å². The van der Waals surface area contributed by atoms with Gasteiger partial charge in [0.15, 0.2) is 5.82 Å². The van der Waals surface area contributed by atoms with Crippen molar-refractivity contribution in [2.24, 2.45) is 0 Å². The molecule has 1 fully saturated rings. The zero-order valence-corrected chi connectivity index (χ0v) is 18.2. The third-order valence-electron chi connectivity index (χ3n) is 5.19. The lowest BCUT2D eigenvalue weighted by Crippen LogP contribution is -2.23. The first kappa shape index (κ1) is 21.0. The highest BCUT2D eigenvalue weighted by atomic mass is 32.2. The molecule has 10 nitrogen and oxygen atoms in total. The molecule has 11 heteroatoms. The molecule has 2 heterocycles. The minimum atomic E-state index is -3.82. The van der Waals surface area contributed by atoms with E-state index in [1.54, 1.807) is 41.1 Å². The number of nitrogens with one attached hydrogen (secondary N) is 2. The van der Waals surface area contributed by atoms with Gasteiger partial charge in [-0.05, 0) is 65.7 Å². The fourth-order valence-corrected chi connectivity index (χ4v) is 4.39. The molecule has 2 N–H and O–H groups in total. The molecule has 1 aliphatic carbocycles. The summed E-state index contributed by atoms with van der Waals surface area (Å²) in [4.78, 5) is 12.8. The minimum absolute atomic E-state index is 0.0128. The van der Waals surface area contributed by atoms with Crippen molar-refractivity contribution in [3.8, 4) is 11.4 Å². The molecule has 4 aromatic rings. The third kappa shape index (κ3) is 4.69. The summed E-state index contributed by atoms with van der Waals surface area (Å²) in [6, 6.07) is 16.7. The van der Waals surface area contributed by atoms with E-state index in [0.717, 1.165) is 18.4 Å². The van der Waals surface area contributed by atoms with Gasteiger partial charge in [-0.1, -0.05) is 18.2 Å². The first-order chi connectivity index (χ1) is 16.0. The Kier molecular flexibility index (Phi) is 5.48. The van der Waals surface area contributed by atoms with Crippen LogP contribution in [-0.4, -0.2) is 34.5 Å². The normalized spacial score (nSPS) is 13.7. The molecule has 1 saturated carbocycles. The van der Waals surface area contributed by atoms with Crippen LogP contribution in [0.3, 0.4) is 0 Å². The number of carbonyl (C=O) groups is 1. The summed E-state index contributed by atoms with van der Waals surface area (Å²) in [6.45, 7) is 0.0128. The van der Waals surface area contributed by atoms with Gasteiger partial charge < -0.3 is 9.73 Å². The molecule has 5 rings (SSSR count). The summed E-state index contributed by atoms with van der Waals surface area (Å²) < 4.78 is 34.7. The van der Waals surface area contributed by atoms with Gasteiger partial charge in [-0.2, -0.15) is 0 Å². The van der Waals surface area contributed by atoms with Crippen LogP contribution in [0.5, 0.6) is 0 Å². The van der Waals surface area contributed by atoms with Crippen molar-refractivity contribution < 1.29 is 17.6 Å². The molecule has 0 aliphatic heterocycles. The Labute approximate surface area is 189 Å². The van der Waals surface area contributed by atoms with Gasteiger partial charge in [-0.3, -0.25) is 4.79 Å². The van der Waals surface area contributed by atoms with Crippen molar-refractivity contribution in [1.82, 2.24) is 24.9 Å². The van der Waals surface area contributed by atoms with Crippen LogP contribution in [0.1, 0.15) is 35.0 Å². The van der Waals surface area contributed by atoms with Gasteiger partial charge >= 0.3 is 0 Å². The Morgan fingerprint density at radius 2 is 1.94 bits per heavy atom. The van der Waals surface area contributed by atoms with E-state index in [4.69, 9.17) is 4.42 Å². The number of amides is 1. The van der Waals surface area contributed by atoms with Gasteiger partial charge in [-0.15, -0.1) is 5.10 Å². The second-order valence-corrected chi connectivity index (χ2v) is 9.41. The Hall–Kier alpha value is -3.83. The van der Waals surface area contributed by atoms with Gasteiger partial charge in [0.05, 0.1) is 23.7 Å². The number of aromatic nitrogens is 4. The quantitative estimate of drug-likeness (QED) is 0.410. The van der Waals surface area contributed by atoms with Crippen LogP contribution in [0.25, 0.3) is 11.4 Å². The maximum absolute atomic E-state index is 12.8. The summed E-state index contributed by atoms with van der Waals surface area (Å²) in [7, 11) is -3.82. The van der Waals surface area contributed by atoms with Crippen molar-refractivity contribution >= 4 is 21.6 Å². The average molecular weight is 465 g/mol. The molecule has 0 unspecified atom stereocenters. The number of benzene rings is 2. The first-order valence-electron chi connectivity index (χ1n) is 10.3. The van der Waals surface area contributed by atoms with E-state index in [1.807, 2.05) is 6.07 Å². The number of hydrogen-bond acceptors (Lipinski definition) is 7. The van der Waals surface area contributed by atoms with Crippen molar-refractivity contribution in [3.63, 3.8) is 0 Å². The number of tetrazole rings is 1. The van der Waals surface area contributed by atoms with Crippen LogP contribution in [-0.2, 0) is 16.6 Å². The molecular formula is C22H20N6O4S. The monoisotopic (exact) mass is 464 g/mol. The van der Waals surface area contributed by atoms with Crippen LogP contribution in [0.2, 0.25) is 0 Å². The number of furan rings is 1. The number of carbonyl (C=O) groups excluding carboxylic acids is 1. The van der Waals surface area contributed by atoms with Gasteiger partial charge in [0.2, 0.25) is 10.0 Å². The van der Waals surface area contributed by atoms with E-state index in [2.05, 4.69) is 25.6 Å². The molecular weight excluding hydrogens is 444 g/mol. The maximum Gasteiger partial charge on any atom is 0.255 e. The summed E-state index contributed by atoms with van der Waals surface area (Å²) in [5.74, 6) is 0.696. The molecule has 1 amide bonds. The smallest absolute Gasteiger partial charge is 0.255 e. The topological polar surface area (TPSA) is 132 Å². The molecule has 168 valence electrons. The minimum Gasteiger partial charge on any atom is -0.468 e. The number of rotatable bonds is 8. The molecule has 0 atom stereocenters. The van der Waals surface area contributed by atoms with Crippen molar-refractivity contribution in [2.45, 2.75) is 30.3 Å². The number of anilines is 1. The van der Waals surface area contributed by atoms with Crippen LogP contribution in [0.15, 0.2) is 76.2 Å². The standard InChI is InChI=1S/C22H20N6O4S/c29-22(16-5-2-8-20(13-16)33(30,31)23-14-19-7-3-11-32-19)24-17-6-1-4-15(12-17)21-25-26-27-28(21)18-9-10-18/h1-8,11-13,18,23H,9-10,14H2,(H,24,29). The average Bonchev–Trinajstić information content (AvgIpc) is 3.32. The lowest BCUT2D eigenvalue weighted by molar-refractivity contribution is 0.102. The Morgan fingerprint density at radius 1 is 1.09 bits per heavy atom. The highest BCUT2D eigenvalue weighted by Crippen LogP contribution is 2.36. The van der Waals surface area contributed by atoms with E-state index < -0.39 is 15.9 Å². The molecule has 0 saturated heterocycles. The Bertz CT molecular complexity index is 1390. The molecule has 0 spiro atoms. The predicted octanol–water partition coefficient (Wildman–Crippen LogP) is 3.00. The van der Waals surface area contributed by atoms with Crippen LogP contribution in [0.4, 0.5) is 5.69 Å². The zero-order chi connectivity index (χ0) is 22.8. The van der Waals surface area contributed by atoms with Crippen LogP contribution in [0, 0.1) is 0 Å². The molecule has 33 heavy (non-hydrogen) atoms. The largest absolute Gasteiger partial charge is 0.468 e. The van der Waals surface area contributed by atoms with Crippen molar-refractivity contribution in [1.29, 1.82) is 0 Å². The molecule has 2 aromatic heterocycles. The second kappa shape index (κ2) is 8.60. The first-order valence-corrected chi connectivity index (χ1v) is 11.8. The Balaban J connectivity index is 1.32. The lowest BCUT2D eigenvalue weighted by atomic mass is 10.1. The van der Waals surface area contributed by atoms with E-state index in [1.165, 1.54) is 24.5 Å². The van der Waals surface area contributed by atoms with Crippen LogP contribution >= 0.6 is 0 Å². The summed E-state index contributed by atoms with van der Waals surface area (Å²) in [5, 5.41) is 14.7. The summed E-state index contributed by atoms with van der Waals surface area (Å²) >= 11 is 0. The van der Waals surface area contributed by atoms with Crippen molar-refractivity contribution in [2.75, 3.05) is 5.32 Å². The number of nitrogens with zero attached hydrogens (tertiary/aromatic N) is 4. The second-order valence-electron chi connectivity index (χ2n) is 7.64. The zero-order valence-electron chi connectivity index (χ0n) is 17.4. The Morgan fingerprint density at radius 3 is 2.73 bits per heavy atom. The maximum atomic E-state index is 12.8. The number of hydrogen-bond donors (Lipinski definition) is 2. The molecule has 2 aromatic carbocycles. The van der Waals surface area contributed by atoms with E-state index in [-0.39, 0.29) is 17.0 Å². The fraction of sp³-hybridized carbons (Fsp3) is 0.182. The highest BCUT2D eigenvalue weighted by molar-refractivity contribution is 7.89. The van der Waals surface area contributed by atoms with Gasteiger partial charge in [-0.25, -0.2) is 17.8 Å². The molecule has 0 bridgehead atoms. The SMILES string of the molecule is O=C(Nc1cccc(-c2nnnn2C2CC2)c1)c1cccc(S(=O)(=O)NCc2ccco2)c1. The summed E-state index contributed by atoms with van der Waals surface area (Å²) in [6.07, 6.45) is 3.56. The molecule has 0 radical (unpaired) electrons. The predicted molar refractivity (Wildman–Crippen MR) is 119 cm³/mol. The summed E-state index contributed by atoms with van der Waals surface area (Å²) in [5.41, 5.74) is 1.54. The van der Waals surface area contributed by atoms with Gasteiger partial charge in [0.25, 0.3) is 5.91 Å². The van der Waals surface area contributed by atoms with Gasteiger partial charge in [0, 0.05) is 16.8 Å². The van der Waals surface area contributed by atoms with E-state index in [9.17, 15) is 13.2 Å².